The second-order valence-electron chi connectivity index (χ2n) is 26.6. The maximum absolute atomic E-state index is 13.1. The number of allylic oxidation sites excluding steroid dienone is 22. The molecule has 0 aromatic heterocycles. The van der Waals surface area contributed by atoms with Gasteiger partial charge in [-0.2, -0.15) is 0 Å². The van der Waals surface area contributed by atoms with Crippen LogP contribution < -0.4 is 0 Å². The first kappa shape index (κ1) is 99.2. The van der Waals surface area contributed by atoms with Crippen LogP contribution in [-0.4, -0.2) is 96.7 Å². The Balaban J connectivity index is 5.41. The molecule has 0 saturated carbocycles. The first-order valence-corrected chi connectivity index (χ1v) is 43.4. The molecule has 0 radical (unpaired) electrons. The molecule has 0 aromatic carbocycles. The summed E-state index contributed by atoms with van der Waals surface area (Å²) in [5.74, 6) is -2.24. The molecule has 5 unspecified atom stereocenters. The molecule has 0 fully saturated rings. The van der Waals surface area contributed by atoms with Crippen molar-refractivity contribution in [2.75, 3.05) is 39.6 Å². The van der Waals surface area contributed by atoms with Gasteiger partial charge < -0.3 is 33.8 Å². The molecule has 0 amide bonds. The minimum atomic E-state index is -4.99. The van der Waals surface area contributed by atoms with Gasteiger partial charge in [-0.05, 0) is 161 Å². The summed E-state index contributed by atoms with van der Waals surface area (Å²) in [5, 5.41) is 10.6. The molecule has 3 N–H and O–H groups in total. The Morgan fingerprint density at radius 1 is 0.279 bits per heavy atom. The van der Waals surface area contributed by atoms with Gasteiger partial charge in [-0.25, -0.2) is 9.13 Å². The van der Waals surface area contributed by atoms with Crippen molar-refractivity contribution in [3.63, 3.8) is 0 Å². The largest absolute Gasteiger partial charge is 0.472 e. The lowest BCUT2D eigenvalue weighted by Gasteiger charge is -2.21. The summed E-state index contributed by atoms with van der Waals surface area (Å²) in [5.41, 5.74) is 0. The number of rotatable bonds is 75. The summed E-state index contributed by atoms with van der Waals surface area (Å²) < 4.78 is 68.6. The second-order valence-corrected chi connectivity index (χ2v) is 29.5. The number of ether oxygens (including phenoxy) is 4. The topological polar surface area (TPSA) is 237 Å². The molecule has 0 heterocycles. The smallest absolute Gasteiger partial charge is 0.462 e. The first-order valence-electron chi connectivity index (χ1n) is 40.4. The fourth-order valence-corrected chi connectivity index (χ4v) is 12.0. The van der Waals surface area contributed by atoms with Gasteiger partial charge in [0.25, 0.3) is 0 Å². The molecule has 0 saturated heterocycles. The van der Waals surface area contributed by atoms with Gasteiger partial charge in [0, 0.05) is 25.7 Å². The molecule has 0 bridgehead atoms. The van der Waals surface area contributed by atoms with E-state index < -0.39 is 97.5 Å². The number of aliphatic hydroxyl groups is 1. The van der Waals surface area contributed by atoms with Gasteiger partial charge >= 0.3 is 39.5 Å². The quantitative estimate of drug-likeness (QED) is 0.0169. The van der Waals surface area contributed by atoms with Crippen LogP contribution in [0.2, 0.25) is 0 Å². The Labute approximate surface area is 631 Å². The zero-order valence-electron chi connectivity index (χ0n) is 65.2. The fourth-order valence-electron chi connectivity index (χ4n) is 10.4. The van der Waals surface area contributed by atoms with E-state index in [2.05, 4.69) is 161 Å². The third-order valence-corrected chi connectivity index (χ3v) is 18.5. The Hall–Kier alpha value is -4.80. The highest BCUT2D eigenvalue weighted by molar-refractivity contribution is 7.47. The predicted molar refractivity (Wildman–Crippen MR) is 427 cm³/mol. The molecule has 0 aliphatic rings. The van der Waals surface area contributed by atoms with Crippen LogP contribution in [0.3, 0.4) is 0 Å². The van der Waals surface area contributed by atoms with Crippen molar-refractivity contribution in [3.05, 3.63) is 134 Å². The lowest BCUT2D eigenvalue weighted by atomic mass is 10.1. The molecular weight excluding hydrogens is 1350 g/mol. The monoisotopic (exact) mass is 1500 g/mol. The van der Waals surface area contributed by atoms with Crippen LogP contribution in [0.1, 0.15) is 323 Å². The number of phosphoric acid groups is 2. The van der Waals surface area contributed by atoms with Gasteiger partial charge in [0.2, 0.25) is 0 Å². The van der Waals surface area contributed by atoms with Gasteiger partial charge in [0.15, 0.2) is 12.2 Å². The summed E-state index contributed by atoms with van der Waals surface area (Å²) in [7, 11) is -9.98. The van der Waals surface area contributed by atoms with E-state index in [4.69, 9.17) is 37.0 Å². The van der Waals surface area contributed by atoms with E-state index in [1.165, 1.54) is 38.5 Å². The number of carbonyl (C=O) groups excluding carboxylic acids is 4. The van der Waals surface area contributed by atoms with Crippen molar-refractivity contribution >= 4 is 39.5 Å². The van der Waals surface area contributed by atoms with E-state index in [1.54, 1.807) is 0 Å². The average Bonchev–Trinajstić information content (AvgIpc) is 0.917. The third-order valence-electron chi connectivity index (χ3n) is 16.5. The van der Waals surface area contributed by atoms with Crippen LogP contribution in [0.5, 0.6) is 0 Å². The minimum absolute atomic E-state index is 0.0602. The summed E-state index contributed by atoms with van der Waals surface area (Å²) in [6.07, 6.45) is 85.6. The normalized spacial score (nSPS) is 14.6. The van der Waals surface area contributed by atoms with Crippen LogP contribution in [0.15, 0.2) is 134 Å². The summed E-state index contributed by atoms with van der Waals surface area (Å²) >= 11 is 0. The Morgan fingerprint density at radius 2 is 0.519 bits per heavy atom. The van der Waals surface area contributed by atoms with Crippen molar-refractivity contribution in [1.29, 1.82) is 0 Å². The fraction of sp³-hybridized carbons (Fsp3) is 0.694. The second kappa shape index (κ2) is 76.4. The van der Waals surface area contributed by atoms with Crippen molar-refractivity contribution in [2.24, 2.45) is 0 Å². The number of hydrogen-bond donors (Lipinski definition) is 3. The van der Waals surface area contributed by atoms with Crippen LogP contribution in [0.4, 0.5) is 0 Å². The van der Waals surface area contributed by atoms with Crippen molar-refractivity contribution < 1.29 is 80.2 Å². The highest BCUT2D eigenvalue weighted by Crippen LogP contribution is 2.45. The third kappa shape index (κ3) is 75.4. The predicted octanol–water partition coefficient (Wildman–Crippen LogP) is 23.7. The maximum Gasteiger partial charge on any atom is 0.472 e. The number of aliphatic hydroxyl groups excluding tert-OH is 1. The zero-order valence-corrected chi connectivity index (χ0v) is 66.9. The van der Waals surface area contributed by atoms with Gasteiger partial charge in [0.05, 0.1) is 26.4 Å². The lowest BCUT2D eigenvalue weighted by molar-refractivity contribution is -0.161. The van der Waals surface area contributed by atoms with Crippen LogP contribution in [-0.2, 0) is 65.4 Å². The highest BCUT2D eigenvalue weighted by Gasteiger charge is 2.30. The number of carbonyl (C=O) groups is 4. The molecule has 0 aromatic rings. The van der Waals surface area contributed by atoms with Gasteiger partial charge in [-0.15, -0.1) is 0 Å². The first-order chi connectivity index (χ1) is 50.7. The number of unbranched alkanes of at least 4 members (excludes halogenated alkanes) is 27. The standard InChI is InChI=1S/C85H144O17P2/c1-5-9-13-17-21-25-29-33-36-38-39-41-43-47-50-54-58-62-66-70-83(88)96-76-81(102-85(90)72-68-64-60-56-52-48-44-40-37-34-30-26-22-18-14-10-6-2)78-100-104(93,94)98-74-79(86)73-97-103(91,92)99-77-80(101-84(89)71-67-63-59-55-51-45-32-28-24-20-16-12-8-4)75-95-82(87)69-65-61-57-53-49-46-42-35-31-27-23-19-15-11-7-3/h10,14,16,20-23,25-28,32-37,39,41-42,44,48,79-81,86H,5-9,11-13,15,17-19,24,29-31,38,40,43,45-47,49-78H2,1-4H3,(H,91,92)(H,93,94)/b14-10-,20-16-,25-21-,26-22-,27-23-,32-28-,36-33-,37-34-,41-39-,42-35-,48-44-. The van der Waals surface area contributed by atoms with Crippen LogP contribution in [0, 0.1) is 0 Å². The number of phosphoric ester groups is 2. The highest BCUT2D eigenvalue weighted by atomic mass is 31.2. The maximum atomic E-state index is 13.1. The van der Waals surface area contributed by atoms with E-state index in [0.29, 0.717) is 25.7 Å². The molecule has 596 valence electrons. The van der Waals surface area contributed by atoms with Gasteiger partial charge in [0.1, 0.15) is 19.3 Å². The number of esters is 4. The Morgan fingerprint density at radius 3 is 0.808 bits per heavy atom. The summed E-state index contributed by atoms with van der Waals surface area (Å²) in [4.78, 5) is 73.0. The number of hydrogen-bond acceptors (Lipinski definition) is 15. The molecule has 0 aliphatic heterocycles. The molecule has 5 atom stereocenters. The summed E-state index contributed by atoms with van der Waals surface area (Å²) in [6, 6.07) is 0. The SMILES string of the molecule is CC/C=C\C/C=C\C/C=C\C/C=C\CCCCCCC(=O)OC(COC(=O)CCCCCCCC/C=C\C/C=C\C/C=C\CCCCC)COP(=O)(O)OCC(O)COP(=O)(O)OCC(COC(=O)CCCCCCC/C=C\C/C=C\CCCCC)OC(=O)CCCCCCC/C=C\C/C=C\CCC. The van der Waals surface area contributed by atoms with E-state index in [0.717, 1.165) is 205 Å². The molecule has 104 heavy (non-hydrogen) atoms. The molecule has 0 rings (SSSR count). The Kier molecular flexibility index (Phi) is 72.9. The lowest BCUT2D eigenvalue weighted by Crippen LogP contribution is -2.30. The average molecular weight is 1500 g/mol. The minimum Gasteiger partial charge on any atom is -0.462 e. The van der Waals surface area contributed by atoms with Crippen molar-refractivity contribution in [1.82, 2.24) is 0 Å². The molecule has 0 spiro atoms. The molecular formula is C85H144O17P2. The van der Waals surface area contributed by atoms with Gasteiger partial charge in [-0.3, -0.25) is 37.3 Å². The molecule has 19 heteroatoms. The van der Waals surface area contributed by atoms with E-state index in [-0.39, 0.29) is 25.7 Å². The molecule has 0 aliphatic carbocycles. The summed E-state index contributed by atoms with van der Waals surface area (Å²) in [6.45, 7) is 4.58. The van der Waals surface area contributed by atoms with E-state index in [1.807, 2.05) is 0 Å². The Bertz CT molecular complexity index is 2490. The van der Waals surface area contributed by atoms with Crippen molar-refractivity contribution in [2.45, 2.75) is 341 Å². The van der Waals surface area contributed by atoms with E-state index >= 15 is 0 Å². The zero-order chi connectivity index (χ0) is 76.0. The van der Waals surface area contributed by atoms with Gasteiger partial charge in [-0.1, -0.05) is 271 Å². The van der Waals surface area contributed by atoms with Crippen LogP contribution >= 0.6 is 15.6 Å². The molecule has 17 nitrogen and oxygen atoms in total. The van der Waals surface area contributed by atoms with Crippen molar-refractivity contribution in [3.8, 4) is 0 Å². The van der Waals surface area contributed by atoms with E-state index in [9.17, 15) is 43.2 Å². The van der Waals surface area contributed by atoms with Crippen LogP contribution in [0.25, 0.3) is 0 Å².